The van der Waals surface area contributed by atoms with Crippen LogP contribution >= 0.6 is 11.6 Å². The Morgan fingerprint density at radius 1 is 1.42 bits per heavy atom. The first-order valence-corrected chi connectivity index (χ1v) is 7.89. The quantitative estimate of drug-likeness (QED) is 0.876. The van der Waals surface area contributed by atoms with E-state index in [0.29, 0.717) is 5.02 Å². The highest BCUT2D eigenvalue weighted by atomic mass is 35.5. The van der Waals surface area contributed by atoms with Gasteiger partial charge in [-0.25, -0.2) is 8.93 Å². The molecule has 0 heterocycles. The SMILES string of the molecule is CC[C@H](NS(=O)C(C)(C)C)c1ccc(Cl)cc1CO. The molecule has 0 bridgehead atoms. The van der Waals surface area contributed by atoms with E-state index < -0.39 is 11.0 Å². The van der Waals surface area contributed by atoms with Gasteiger partial charge in [0.25, 0.3) is 0 Å². The molecule has 0 saturated heterocycles. The second-order valence-electron chi connectivity index (χ2n) is 5.46. The molecular formula is C14H22ClNO2S. The first-order chi connectivity index (χ1) is 8.79. The van der Waals surface area contributed by atoms with E-state index >= 15 is 0 Å². The molecule has 0 aliphatic carbocycles. The highest BCUT2D eigenvalue weighted by Gasteiger charge is 2.23. The Balaban J connectivity index is 3.01. The van der Waals surface area contributed by atoms with Crippen molar-refractivity contribution in [2.24, 2.45) is 0 Å². The maximum atomic E-state index is 12.2. The van der Waals surface area contributed by atoms with Gasteiger partial charge in [0.05, 0.1) is 22.3 Å². The lowest BCUT2D eigenvalue weighted by molar-refractivity contribution is 0.279. The molecule has 0 fully saturated rings. The maximum Gasteiger partial charge on any atom is 0.0975 e. The molecule has 108 valence electrons. The summed E-state index contributed by atoms with van der Waals surface area (Å²) in [6, 6.07) is 5.37. The summed E-state index contributed by atoms with van der Waals surface area (Å²) in [7, 11) is -1.15. The van der Waals surface area contributed by atoms with E-state index in [1.807, 2.05) is 33.8 Å². The van der Waals surface area contributed by atoms with Crippen molar-refractivity contribution in [2.45, 2.75) is 51.5 Å². The van der Waals surface area contributed by atoms with Crippen LogP contribution in [0.15, 0.2) is 18.2 Å². The molecule has 3 nitrogen and oxygen atoms in total. The summed E-state index contributed by atoms with van der Waals surface area (Å²) in [6.07, 6.45) is 0.788. The molecule has 2 N–H and O–H groups in total. The second kappa shape index (κ2) is 6.84. The summed E-state index contributed by atoms with van der Waals surface area (Å²) < 4.78 is 15.0. The fraction of sp³-hybridized carbons (Fsp3) is 0.571. The Morgan fingerprint density at radius 2 is 2.05 bits per heavy atom. The molecule has 5 heteroatoms. The van der Waals surface area contributed by atoms with E-state index in [2.05, 4.69) is 4.72 Å². The minimum Gasteiger partial charge on any atom is -0.392 e. The van der Waals surface area contributed by atoms with Crippen molar-refractivity contribution in [1.82, 2.24) is 4.72 Å². The molecule has 0 spiro atoms. The first-order valence-electron chi connectivity index (χ1n) is 6.36. The molecule has 0 aliphatic rings. The van der Waals surface area contributed by atoms with E-state index in [-0.39, 0.29) is 17.4 Å². The molecule has 19 heavy (non-hydrogen) atoms. The third-order valence-corrected chi connectivity index (χ3v) is 4.71. The van der Waals surface area contributed by atoms with E-state index in [0.717, 1.165) is 17.5 Å². The van der Waals surface area contributed by atoms with Gasteiger partial charge in [0.15, 0.2) is 0 Å². The highest BCUT2D eigenvalue weighted by Crippen LogP contribution is 2.26. The minimum atomic E-state index is -1.15. The van der Waals surface area contributed by atoms with Gasteiger partial charge in [-0.05, 0) is 50.5 Å². The number of hydrogen-bond acceptors (Lipinski definition) is 2. The standard InChI is InChI=1S/C14H22ClNO2S/c1-5-13(16-19(18)14(2,3)4)12-7-6-11(15)8-10(12)9-17/h6-8,13,16-17H,5,9H2,1-4H3/t13-,19?/m0/s1. The van der Waals surface area contributed by atoms with Crippen LogP contribution < -0.4 is 4.72 Å². The number of halogens is 1. The second-order valence-corrected chi connectivity index (χ2v) is 7.90. The zero-order valence-corrected chi connectivity index (χ0v) is 13.4. The smallest absolute Gasteiger partial charge is 0.0975 e. The van der Waals surface area contributed by atoms with E-state index in [1.54, 1.807) is 12.1 Å². The van der Waals surface area contributed by atoms with Crippen molar-refractivity contribution in [3.63, 3.8) is 0 Å². The van der Waals surface area contributed by atoms with Crippen LogP contribution in [-0.4, -0.2) is 14.1 Å². The normalized spacial score (nSPS) is 15.3. The lowest BCUT2D eigenvalue weighted by atomic mass is 10.00. The number of aliphatic hydroxyl groups is 1. The van der Waals surface area contributed by atoms with Crippen LogP contribution in [0.1, 0.15) is 51.3 Å². The zero-order chi connectivity index (χ0) is 14.6. The van der Waals surface area contributed by atoms with E-state index in [4.69, 9.17) is 11.6 Å². The fourth-order valence-electron chi connectivity index (χ4n) is 1.72. The average molecular weight is 304 g/mol. The van der Waals surface area contributed by atoms with Gasteiger partial charge in [-0.3, -0.25) is 0 Å². The van der Waals surface area contributed by atoms with Crippen LogP contribution in [0.3, 0.4) is 0 Å². The van der Waals surface area contributed by atoms with Gasteiger partial charge in [-0.2, -0.15) is 0 Å². The lowest BCUT2D eigenvalue weighted by Crippen LogP contribution is -2.35. The molecule has 1 aromatic carbocycles. The molecule has 0 aliphatic heterocycles. The molecule has 0 radical (unpaired) electrons. The summed E-state index contributed by atoms with van der Waals surface area (Å²) in [5.41, 5.74) is 1.73. The molecule has 1 aromatic rings. The summed E-state index contributed by atoms with van der Waals surface area (Å²) in [5.74, 6) is 0. The van der Waals surface area contributed by atoms with Crippen LogP contribution in [0.4, 0.5) is 0 Å². The number of nitrogens with one attached hydrogen (secondary N) is 1. The van der Waals surface area contributed by atoms with Gasteiger partial charge in [0.2, 0.25) is 0 Å². The van der Waals surface area contributed by atoms with Crippen LogP contribution in [0.2, 0.25) is 5.02 Å². The largest absolute Gasteiger partial charge is 0.392 e. The van der Waals surface area contributed by atoms with Crippen LogP contribution in [0.5, 0.6) is 0 Å². The van der Waals surface area contributed by atoms with Crippen molar-refractivity contribution < 1.29 is 9.32 Å². The van der Waals surface area contributed by atoms with Gasteiger partial charge in [0.1, 0.15) is 0 Å². The van der Waals surface area contributed by atoms with Crippen LogP contribution in [-0.2, 0) is 17.6 Å². The van der Waals surface area contributed by atoms with Crippen molar-refractivity contribution in [2.75, 3.05) is 0 Å². The number of benzene rings is 1. The van der Waals surface area contributed by atoms with Crippen molar-refractivity contribution in [1.29, 1.82) is 0 Å². The molecule has 1 unspecified atom stereocenters. The van der Waals surface area contributed by atoms with Crippen LogP contribution in [0, 0.1) is 0 Å². The Morgan fingerprint density at radius 3 is 2.53 bits per heavy atom. The highest BCUT2D eigenvalue weighted by molar-refractivity contribution is 7.84. The molecule has 2 atom stereocenters. The van der Waals surface area contributed by atoms with Crippen LogP contribution in [0.25, 0.3) is 0 Å². The van der Waals surface area contributed by atoms with Crippen molar-refractivity contribution in [3.05, 3.63) is 34.3 Å². The summed E-state index contributed by atoms with van der Waals surface area (Å²) in [4.78, 5) is 0. The van der Waals surface area contributed by atoms with E-state index in [9.17, 15) is 9.32 Å². The Hall–Kier alpha value is -0.420. The maximum absolute atomic E-state index is 12.2. The van der Waals surface area contributed by atoms with Gasteiger partial charge in [0, 0.05) is 11.1 Å². The lowest BCUT2D eigenvalue weighted by Gasteiger charge is -2.25. The minimum absolute atomic E-state index is 0.0560. The topological polar surface area (TPSA) is 49.3 Å². The molecule has 0 amide bonds. The average Bonchev–Trinajstić information content (AvgIpc) is 2.34. The molecule has 0 aromatic heterocycles. The molecule has 1 rings (SSSR count). The molecular weight excluding hydrogens is 282 g/mol. The summed E-state index contributed by atoms with van der Waals surface area (Å²) >= 11 is 5.93. The predicted molar refractivity (Wildman–Crippen MR) is 81.4 cm³/mol. The first kappa shape index (κ1) is 16.6. The zero-order valence-electron chi connectivity index (χ0n) is 11.9. The monoisotopic (exact) mass is 303 g/mol. The summed E-state index contributed by atoms with van der Waals surface area (Å²) in [6.45, 7) is 7.73. The summed E-state index contributed by atoms with van der Waals surface area (Å²) in [5, 5.41) is 10.0. The number of aliphatic hydroxyl groups excluding tert-OH is 1. The van der Waals surface area contributed by atoms with Gasteiger partial charge >= 0.3 is 0 Å². The van der Waals surface area contributed by atoms with E-state index in [1.165, 1.54) is 0 Å². The Kier molecular flexibility index (Phi) is 5.99. The van der Waals surface area contributed by atoms with Gasteiger partial charge in [-0.15, -0.1) is 0 Å². The Bertz CT molecular complexity index is 457. The third-order valence-electron chi connectivity index (χ3n) is 2.86. The predicted octanol–water partition coefficient (Wildman–Crippen LogP) is 3.34. The molecule has 0 saturated carbocycles. The fourth-order valence-corrected chi connectivity index (χ4v) is 2.82. The number of rotatable bonds is 5. The van der Waals surface area contributed by atoms with Gasteiger partial charge in [-0.1, -0.05) is 24.6 Å². The van der Waals surface area contributed by atoms with Gasteiger partial charge < -0.3 is 5.11 Å². The Labute approximate surface area is 123 Å². The van der Waals surface area contributed by atoms with Crippen molar-refractivity contribution in [3.8, 4) is 0 Å². The number of hydrogen-bond donors (Lipinski definition) is 2. The third kappa shape index (κ3) is 4.56. The van der Waals surface area contributed by atoms with Crippen molar-refractivity contribution >= 4 is 22.6 Å².